The van der Waals surface area contributed by atoms with Gasteiger partial charge in [0.25, 0.3) is 0 Å². The lowest BCUT2D eigenvalue weighted by Crippen LogP contribution is -2.37. The lowest BCUT2D eigenvalue weighted by atomic mass is 10.1. The Balaban J connectivity index is 1.50. The number of pyridine rings is 1. The Morgan fingerprint density at radius 2 is 1.95 bits per heavy atom. The molecule has 4 aromatic rings. The van der Waals surface area contributed by atoms with E-state index in [9.17, 15) is 9.59 Å². The van der Waals surface area contributed by atoms with E-state index in [4.69, 9.17) is 33.0 Å². The number of nitrogens with zero attached hydrogens (tertiary/aromatic N) is 3. The Labute approximate surface area is 248 Å². The largest absolute Gasteiger partial charge is 0.477 e. The molecule has 1 atom stereocenters. The van der Waals surface area contributed by atoms with Gasteiger partial charge in [-0.05, 0) is 67.2 Å². The Bertz CT molecular complexity index is 1420. The third kappa shape index (κ3) is 7.87. The van der Waals surface area contributed by atoms with Crippen molar-refractivity contribution in [1.82, 2.24) is 20.1 Å². The first-order chi connectivity index (χ1) is 19.5. The van der Waals surface area contributed by atoms with Crippen molar-refractivity contribution in [1.29, 1.82) is 0 Å². The van der Waals surface area contributed by atoms with Gasteiger partial charge in [0.1, 0.15) is 12.0 Å². The predicted molar refractivity (Wildman–Crippen MR) is 162 cm³/mol. The number of aldehydes is 1. The van der Waals surface area contributed by atoms with Gasteiger partial charge in [0, 0.05) is 29.9 Å². The predicted octanol–water partition coefficient (Wildman–Crippen LogP) is 6.23. The van der Waals surface area contributed by atoms with Crippen LogP contribution in [0.4, 0.5) is 0 Å². The minimum absolute atomic E-state index is 0.201. The van der Waals surface area contributed by atoms with Gasteiger partial charge in [-0.15, -0.1) is 0 Å². The summed E-state index contributed by atoms with van der Waals surface area (Å²) in [7, 11) is 0. The van der Waals surface area contributed by atoms with Crippen LogP contribution in [0.15, 0.2) is 73.1 Å². The van der Waals surface area contributed by atoms with Gasteiger partial charge in [-0.1, -0.05) is 53.5 Å². The van der Waals surface area contributed by atoms with Gasteiger partial charge < -0.3 is 14.8 Å². The topological polar surface area (TPSA) is 86.1 Å². The molecule has 0 radical (unpaired) electrons. The Morgan fingerprint density at radius 1 is 1.12 bits per heavy atom. The molecule has 0 spiro atoms. The summed E-state index contributed by atoms with van der Waals surface area (Å²) in [5, 5.41) is 8.57. The number of thioether (sulfide) groups is 1. The van der Waals surface area contributed by atoms with Crippen molar-refractivity contribution < 1.29 is 14.3 Å². The van der Waals surface area contributed by atoms with Crippen molar-refractivity contribution in [2.24, 2.45) is 0 Å². The van der Waals surface area contributed by atoms with Gasteiger partial charge in [-0.2, -0.15) is 16.9 Å². The van der Waals surface area contributed by atoms with Crippen LogP contribution >= 0.6 is 35.0 Å². The van der Waals surface area contributed by atoms with Gasteiger partial charge in [-0.25, -0.2) is 4.68 Å². The van der Waals surface area contributed by atoms with Crippen LogP contribution in [0, 0.1) is 0 Å². The summed E-state index contributed by atoms with van der Waals surface area (Å²) in [6, 6.07) is 18.2. The van der Waals surface area contributed by atoms with Crippen LogP contribution in [-0.2, 0) is 22.4 Å². The zero-order valence-corrected chi connectivity index (χ0v) is 24.4. The number of aromatic nitrogens is 3. The molecule has 1 amide bonds. The SMILES string of the molecule is CSCCc1c(-c2cccnc2)nn(-c2ccc(Cl)c(Cl)c2)c1OCCCC(=O)N[C@@H](C=O)Cc1ccccc1. The highest BCUT2D eigenvalue weighted by molar-refractivity contribution is 7.98. The first-order valence-corrected chi connectivity index (χ1v) is 15.0. The van der Waals surface area contributed by atoms with Crippen molar-refractivity contribution in [3.8, 4) is 22.8 Å². The quantitative estimate of drug-likeness (QED) is 0.137. The highest BCUT2D eigenvalue weighted by atomic mass is 35.5. The minimum Gasteiger partial charge on any atom is -0.477 e. The van der Waals surface area contributed by atoms with Crippen LogP contribution in [0.2, 0.25) is 10.0 Å². The average molecular weight is 598 g/mol. The van der Waals surface area contributed by atoms with Crippen LogP contribution < -0.4 is 10.1 Å². The first kappa shape index (κ1) is 29.6. The fourth-order valence-corrected chi connectivity index (χ4v) is 4.92. The smallest absolute Gasteiger partial charge is 0.220 e. The maximum atomic E-state index is 12.6. The standard InChI is InChI=1S/C30H30Cl2N4O3S/c1-40-16-13-25-29(22-9-5-14-33-19-22)35-36(24-11-12-26(31)27(32)18-24)30(25)39-15-6-10-28(38)34-23(20-37)17-21-7-3-2-4-8-21/h2-5,7-9,11-12,14,18-20,23H,6,10,13,15-17H2,1H3,(H,34,38)/t23-/m1/s1. The first-order valence-electron chi connectivity index (χ1n) is 12.9. The van der Waals surface area contributed by atoms with Crippen molar-refractivity contribution in [2.75, 3.05) is 18.6 Å². The molecule has 10 heteroatoms. The zero-order valence-electron chi connectivity index (χ0n) is 22.1. The molecule has 2 heterocycles. The van der Waals surface area contributed by atoms with Gasteiger partial charge in [0.2, 0.25) is 11.8 Å². The van der Waals surface area contributed by atoms with E-state index in [1.807, 2.05) is 48.5 Å². The molecule has 40 heavy (non-hydrogen) atoms. The number of amides is 1. The van der Waals surface area contributed by atoms with Crippen molar-refractivity contribution in [3.05, 3.63) is 94.2 Å². The van der Waals surface area contributed by atoms with Gasteiger partial charge >= 0.3 is 0 Å². The summed E-state index contributed by atoms with van der Waals surface area (Å²) < 4.78 is 8.04. The molecule has 0 saturated carbocycles. The lowest BCUT2D eigenvalue weighted by molar-refractivity contribution is -0.124. The molecule has 7 nitrogen and oxygen atoms in total. The number of carbonyl (C=O) groups is 2. The Kier molecular flexibility index (Phi) is 11.0. The van der Waals surface area contributed by atoms with E-state index in [-0.39, 0.29) is 18.9 Å². The van der Waals surface area contributed by atoms with E-state index in [2.05, 4.69) is 16.6 Å². The van der Waals surface area contributed by atoms with Crippen molar-refractivity contribution in [3.63, 3.8) is 0 Å². The number of ether oxygens (including phenoxy) is 1. The van der Waals surface area contributed by atoms with Gasteiger partial charge in [0.05, 0.1) is 28.4 Å². The van der Waals surface area contributed by atoms with E-state index in [0.29, 0.717) is 34.5 Å². The minimum atomic E-state index is -0.577. The number of rotatable bonds is 14. The number of carbonyl (C=O) groups excluding carboxylic acids is 2. The van der Waals surface area contributed by atoms with Crippen LogP contribution in [0.3, 0.4) is 0 Å². The molecule has 0 aliphatic carbocycles. The summed E-state index contributed by atoms with van der Waals surface area (Å²) in [6.07, 6.45) is 8.17. The second-order valence-corrected chi connectivity index (χ2v) is 10.9. The molecule has 2 aromatic heterocycles. The summed E-state index contributed by atoms with van der Waals surface area (Å²) >= 11 is 14.2. The maximum Gasteiger partial charge on any atom is 0.220 e. The van der Waals surface area contributed by atoms with E-state index >= 15 is 0 Å². The third-order valence-corrected chi connectivity index (χ3v) is 7.52. The Hall–Kier alpha value is -3.33. The fourth-order valence-electron chi connectivity index (χ4n) is 4.22. The maximum absolute atomic E-state index is 12.6. The van der Waals surface area contributed by atoms with Crippen molar-refractivity contribution in [2.45, 2.75) is 31.7 Å². The molecule has 0 bridgehead atoms. The van der Waals surface area contributed by atoms with Crippen LogP contribution in [0.1, 0.15) is 24.0 Å². The molecule has 4 rings (SSSR count). The monoisotopic (exact) mass is 596 g/mol. The molecular formula is C30H30Cl2N4O3S. The zero-order chi connectivity index (χ0) is 28.3. The molecule has 0 fully saturated rings. The van der Waals surface area contributed by atoms with E-state index < -0.39 is 6.04 Å². The number of benzene rings is 2. The number of hydrogen-bond donors (Lipinski definition) is 1. The average Bonchev–Trinajstić information content (AvgIpc) is 3.34. The van der Waals surface area contributed by atoms with Crippen LogP contribution in [0.5, 0.6) is 5.88 Å². The number of halogens is 2. The molecule has 0 aliphatic heterocycles. The molecule has 0 saturated heterocycles. The molecular weight excluding hydrogens is 567 g/mol. The number of nitrogens with one attached hydrogen (secondary N) is 1. The van der Waals surface area contributed by atoms with E-state index in [1.54, 1.807) is 41.0 Å². The summed E-state index contributed by atoms with van der Waals surface area (Å²) in [5.74, 6) is 1.25. The third-order valence-electron chi connectivity index (χ3n) is 6.17. The van der Waals surface area contributed by atoms with Crippen LogP contribution in [-0.4, -0.2) is 51.6 Å². The van der Waals surface area contributed by atoms with Crippen molar-refractivity contribution >= 4 is 47.2 Å². The fraction of sp³-hybridized carbons (Fsp3) is 0.267. The summed E-state index contributed by atoms with van der Waals surface area (Å²) in [5.41, 5.74) is 4.29. The molecule has 1 N–H and O–H groups in total. The number of hydrogen-bond acceptors (Lipinski definition) is 6. The summed E-state index contributed by atoms with van der Waals surface area (Å²) in [6.45, 7) is 0.281. The van der Waals surface area contributed by atoms with Crippen LogP contribution in [0.25, 0.3) is 16.9 Å². The highest BCUT2D eigenvalue weighted by Gasteiger charge is 2.22. The Morgan fingerprint density at radius 3 is 2.65 bits per heavy atom. The normalized spacial score (nSPS) is 11.7. The second-order valence-electron chi connectivity index (χ2n) is 9.08. The van der Waals surface area contributed by atoms with Gasteiger partial charge in [0.15, 0.2) is 0 Å². The van der Waals surface area contributed by atoms with Gasteiger partial charge in [-0.3, -0.25) is 9.78 Å². The van der Waals surface area contributed by atoms with E-state index in [0.717, 1.165) is 40.8 Å². The molecule has 2 aromatic carbocycles. The second kappa shape index (κ2) is 14.9. The molecule has 0 aliphatic rings. The summed E-state index contributed by atoms with van der Waals surface area (Å²) in [4.78, 5) is 28.4. The highest BCUT2D eigenvalue weighted by Crippen LogP contribution is 2.35. The lowest BCUT2D eigenvalue weighted by Gasteiger charge is -2.14. The molecule has 0 unspecified atom stereocenters. The van der Waals surface area contributed by atoms with E-state index in [1.165, 1.54) is 0 Å². The molecule has 208 valence electrons.